The number of rotatable bonds is 8. The Hall–Kier alpha value is -2.65. The first-order valence-electron chi connectivity index (χ1n) is 8.70. The lowest BCUT2D eigenvalue weighted by Gasteiger charge is -2.13. The standard InChI is InChI=1S/C19H21N3O5S/c1-12-9-14(27-21-12)11-28-19-20-16-10-13(18(24)26-3)5-6-15(16)17(23)22(19)7-4-8-25-2/h5-6,9-10H,4,7-8,11H2,1-3H3. The molecule has 0 atom stereocenters. The van der Waals surface area contributed by atoms with Crippen LogP contribution in [-0.2, 0) is 21.8 Å². The molecule has 0 amide bonds. The molecule has 3 aromatic rings. The van der Waals surface area contributed by atoms with Gasteiger partial charge in [-0.2, -0.15) is 0 Å². The Balaban J connectivity index is 2.01. The van der Waals surface area contributed by atoms with Crippen molar-refractivity contribution in [3.05, 3.63) is 51.6 Å². The van der Waals surface area contributed by atoms with Crippen molar-refractivity contribution in [1.82, 2.24) is 14.7 Å². The van der Waals surface area contributed by atoms with Crippen LogP contribution in [0, 0.1) is 6.92 Å². The highest BCUT2D eigenvalue weighted by Crippen LogP contribution is 2.23. The van der Waals surface area contributed by atoms with Gasteiger partial charge < -0.3 is 14.0 Å². The first-order chi connectivity index (χ1) is 13.5. The van der Waals surface area contributed by atoms with E-state index in [1.807, 2.05) is 13.0 Å². The Morgan fingerprint density at radius 3 is 2.79 bits per heavy atom. The lowest BCUT2D eigenvalue weighted by atomic mass is 10.1. The summed E-state index contributed by atoms with van der Waals surface area (Å²) >= 11 is 1.38. The van der Waals surface area contributed by atoms with Crippen LogP contribution in [0.2, 0.25) is 0 Å². The number of ether oxygens (including phenoxy) is 2. The number of nitrogens with zero attached hydrogens (tertiary/aromatic N) is 3. The van der Waals surface area contributed by atoms with E-state index in [0.717, 1.165) is 5.69 Å². The molecule has 148 valence electrons. The van der Waals surface area contributed by atoms with Crippen LogP contribution in [0.4, 0.5) is 0 Å². The molecule has 0 N–H and O–H groups in total. The fourth-order valence-electron chi connectivity index (χ4n) is 2.74. The number of benzene rings is 1. The SMILES string of the molecule is COCCCn1c(SCc2cc(C)no2)nc2cc(C(=O)OC)ccc2c1=O. The molecule has 0 radical (unpaired) electrons. The number of aromatic nitrogens is 3. The van der Waals surface area contributed by atoms with Crippen LogP contribution in [0.3, 0.4) is 0 Å². The number of methoxy groups -OCH3 is 2. The van der Waals surface area contributed by atoms with Crippen LogP contribution >= 0.6 is 11.8 Å². The van der Waals surface area contributed by atoms with E-state index < -0.39 is 5.97 Å². The van der Waals surface area contributed by atoms with Crippen molar-refractivity contribution >= 4 is 28.6 Å². The van der Waals surface area contributed by atoms with E-state index in [2.05, 4.69) is 10.1 Å². The van der Waals surface area contributed by atoms with Crippen molar-refractivity contribution in [3.8, 4) is 0 Å². The van der Waals surface area contributed by atoms with E-state index in [1.165, 1.54) is 18.9 Å². The Morgan fingerprint density at radius 2 is 2.11 bits per heavy atom. The quantitative estimate of drug-likeness (QED) is 0.245. The molecule has 28 heavy (non-hydrogen) atoms. The minimum Gasteiger partial charge on any atom is -0.465 e. The Labute approximate surface area is 165 Å². The summed E-state index contributed by atoms with van der Waals surface area (Å²) < 4.78 is 16.7. The molecule has 0 spiro atoms. The van der Waals surface area contributed by atoms with E-state index in [0.29, 0.717) is 52.7 Å². The zero-order valence-corrected chi connectivity index (χ0v) is 16.7. The smallest absolute Gasteiger partial charge is 0.337 e. The number of thioether (sulfide) groups is 1. The second-order valence-corrected chi connectivity index (χ2v) is 7.09. The van der Waals surface area contributed by atoms with Gasteiger partial charge in [0.05, 0.1) is 35.0 Å². The van der Waals surface area contributed by atoms with Gasteiger partial charge in [-0.1, -0.05) is 16.9 Å². The third-order valence-electron chi connectivity index (χ3n) is 4.09. The van der Waals surface area contributed by atoms with Crippen LogP contribution in [0.5, 0.6) is 0 Å². The number of hydrogen-bond donors (Lipinski definition) is 0. The predicted octanol–water partition coefficient (Wildman–Crippen LogP) is 2.81. The van der Waals surface area contributed by atoms with Gasteiger partial charge in [-0.15, -0.1) is 0 Å². The second-order valence-electron chi connectivity index (χ2n) is 6.14. The van der Waals surface area contributed by atoms with Gasteiger partial charge in [0.1, 0.15) is 5.76 Å². The fourth-order valence-corrected chi connectivity index (χ4v) is 3.64. The van der Waals surface area contributed by atoms with Crippen LogP contribution in [0.25, 0.3) is 10.9 Å². The van der Waals surface area contributed by atoms with Crippen molar-refractivity contribution in [2.45, 2.75) is 30.8 Å². The molecule has 2 heterocycles. The van der Waals surface area contributed by atoms with Crippen molar-refractivity contribution in [2.24, 2.45) is 0 Å². The van der Waals surface area contributed by atoms with Gasteiger partial charge >= 0.3 is 5.97 Å². The maximum Gasteiger partial charge on any atom is 0.337 e. The number of aryl methyl sites for hydroxylation is 1. The average molecular weight is 403 g/mol. The molecule has 0 bridgehead atoms. The molecule has 0 aliphatic rings. The molecule has 1 aromatic carbocycles. The average Bonchev–Trinajstić information content (AvgIpc) is 3.12. The maximum absolute atomic E-state index is 13.0. The van der Waals surface area contributed by atoms with Gasteiger partial charge in [0, 0.05) is 26.3 Å². The molecule has 0 aliphatic heterocycles. The van der Waals surface area contributed by atoms with E-state index in [1.54, 1.807) is 29.9 Å². The lowest BCUT2D eigenvalue weighted by Crippen LogP contribution is -2.24. The number of carbonyl (C=O) groups excluding carboxylic acids is 1. The Bertz CT molecular complexity index is 1040. The topological polar surface area (TPSA) is 96.5 Å². The highest BCUT2D eigenvalue weighted by molar-refractivity contribution is 7.98. The van der Waals surface area contributed by atoms with Gasteiger partial charge in [-0.25, -0.2) is 9.78 Å². The minimum atomic E-state index is -0.473. The molecule has 0 saturated carbocycles. The van der Waals surface area contributed by atoms with E-state index >= 15 is 0 Å². The van der Waals surface area contributed by atoms with E-state index in [9.17, 15) is 9.59 Å². The first-order valence-corrected chi connectivity index (χ1v) is 9.69. The van der Waals surface area contributed by atoms with Gasteiger partial charge in [-0.3, -0.25) is 9.36 Å². The van der Waals surface area contributed by atoms with Crippen LogP contribution < -0.4 is 5.56 Å². The summed E-state index contributed by atoms with van der Waals surface area (Å²) in [5.74, 6) is 0.711. The normalized spacial score (nSPS) is 11.1. The fraction of sp³-hybridized carbons (Fsp3) is 0.368. The summed E-state index contributed by atoms with van der Waals surface area (Å²) in [6.07, 6.45) is 0.679. The molecule has 2 aromatic heterocycles. The summed E-state index contributed by atoms with van der Waals surface area (Å²) in [5.41, 5.74) is 1.43. The third-order valence-corrected chi connectivity index (χ3v) is 5.09. The maximum atomic E-state index is 13.0. The van der Waals surface area contributed by atoms with Crippen molar-refractivity contribution in [2.75, 3.05) is 20.8 Å². The zero-order valence-electron chi connectivity index (χ0n) is 15.9. The van der Waals surface area contributed by atoms with E-state index in [4.69, 9.17) is 14.0 Å². The van der Waals surface area contributed by atoms with Crippen molar-refractivity contribution in [3.63, 3.8) is 0 Å². The lowest BCUT2D eigenvalue weighted by molar-refractivity contribution is 0.0601. The molecule has 0 fully saturated rings. The van der Waals surface area contributed by atoms with Gasteiger partial charge in [0.25, 0.3) is 5.56 Å². The molecule has 8 nitrogen and oxygen atoms in total. The summed E-state index contributed by atoms with van der Waals surface area (Å²) in [6, 6.07) is 6.60. The number of carbonyl (C=O) groups is 1. The molecule has 9 heteroatoms. The molecular formula is C19H21N3O5S. The van der Waals surface area contributed by atoms with Crippen LogP contribution in [0.1, 0.15) is 28.2 Å². The summed E-state index contributed by atoms with van der Waals surface area (Å²) in [7, 11) is 2.94. The molecule has 0 aliphatic carbocycles. The minimum absolute atomic E-state index is 0.159. The van der Waals surface area contributed by atoms with Gasteiger partial charge in [-0.05, 0) is 31.5 Å². The molecule has 0 saturated heterocycles. The number of hydrogen-bond acceptors (Lipinski definition) is 8. The zero-order chi connectivity index (χ0) is 20.1. The van der Waals surface area contributed by atoms with Gasteiger partial charge in [0.15, 0.2) is 5.16 Å². The Kier molecular flexibility index (Phi) is 6.48. The monoisotopic (exact) mass is 403 g/mol. The predicted molar refractivity (Wildman–Crippen MR) is 105 cm³/mol. The largest absolute Gasteiger partial charge is 0.465 e. The van der Waals surface area contributed by atoms with Crippen LogP contribution in [-0.4, -0.2) is 41.5 Å². The molecule has 0 unspecified atom stereocenters. The first kappa shape index (κ1) is 20.1. The summed E-state index contributed by atoms with van der Waals surface area (Å²) in [6.45, 7) is 2.87. The highest BCUT2D eigenvalue weighted by atomic mass is 32.2. The molecule has 3 rings (SSSR count). The number of esters is 1. The van der Waals surface area contributed by atoms with Gasteiger partial charge in [0.2, 0.25) is 0 Å². The number of fused-ring (bicyclic) bond motifs is 1. The van der Waals surface area contributed by atoms with Crippen molar-refractivity contribution < 1.29 is 18.8 Å². The third kappa shape index (κ3) is 4.42. The summed E-state index contributed by atoms with van der Waals surface area (Å²) in [4.78, 5) is 29.5. The second kappa shape index (κ2) is 9.03. The summed E-state index contributed by atoms with van der Waals surface area (Å²) in [5, 5.41) is 4.87. The molecular weight excluding hydrogens is 382 g/mol. The van der Waals surface area contributed by atoms with Crippen molar-refractivity contribution in [1.29, 1.82) is 0 Å². The highest BCUT2D eigenvalue weighted by Gasteiger charge is 2.15. The Morgan fingerprint density at radius 1 is 1.29 bits per heavy atom. The van der Waals surface area contributed by atoms with E-state index in [-0.39, 0.29) is 5.56 Å². The van der Waals surface area contributed by atoms with Crippen LogP contribution in [0.15, 0.2) is 38.7 Å².